The zero-order valence-corrected chi connectivity index (χ0v) is 13.8. The van der Waals surface area contributed by atoms with Crippen LogP contribution in [0.4, 0.5) is 0 Å². The van der Waals surface area contributed by atoms with E-state index in [9.17, 15) is 14.9 Å². The van der Waals surface area contributed by atoms with Gasteiger partial charge in [-0.05, 0) is 20.3 Å². The number of hydrogen-bond acceptors (Lipinski definition) is 5. The first kappa shape index (κ1) is 16.5. The fourth-order valence-corrected chi connectivity index (χ4v) is 3.63. The van der Waals surface area contributed by atoms with E-state index in [1.54, 1.807) is 18.7 Å². The van der Waals surface area contributed by atoms with Crippen LogP contribution >= 0.6 is 0 Å². The number of nitrogens with zero attached hydrogens (tertiary/aromatic N) is 2. The highest BCUT2D eigenvalue weighted by Crippen LogP contribution is 2.49. The Hall–Kier alpha value is -2.39. The quantitative estimate of drug-likeness (QED) is 0.624. The molecule has 24 heavy (non-hydrogen) atoms. The van der Waals surface area contributed by atoms with E-state index in [1.807, 2.05) is 30.3 Å². The minimum absolute atomic E-state index is 0.176. The summed E-state index contributed by atoms with van der Waals surface area (Å²) in [4.78, 5) is 27.4. The molecule has 2 aliphatic heterocycles. The number of ether oxygens (including phenoxy) is 2. The Kier molecular flexibility index (Phi) is 4.29. The second-order valence-corrected chi connectivity index (χ2v) is 6.21. The SMILES string of the molecule is CCOC(=O)[C@@]1(C(C)C#N)C[C@H]2CO[C@H](c3ccccc3)N2C1=O. The van der Waals surface area contributed by atoms with Gasteiger partial charge in [0, 0.05) is 5.56 Å². The van der Waals surface area contributed by atoms with Crippen molar-refractivity contribution in [1.82, 2.24) is 4.90 Å². The lowest BCUT2D eigenvalue weighted by atomic mass is 9.74. The van der Waals surface area contributed by atoms with E-state index in [-0.39, 0.29) is 25.0 Å². The average molecular weight is 328 g/mol. The number of nitriles is 1. The van der Waals surface area contributed by atoms with Crippen molar-refractivity contribution in [3.8, 4) is 6.07 Å². The van der Waals surface area contributed by atoms with Crippen molar-refractivity contribution in [1.29, 1.82) is 5.26 Å². The van der Waals surface area contributed by atoms with E-state index in [2.05, 4.69) is 6.07 Å². The zero-order chi connectivity index (χ0) is 17.3. The van der Waals surface area contributed by atoms with Crippen LogP contribution in [0.25, 0.3) is 0 Å². The molecule has 6 heteroatoms. The van der Waals surface area contributed by atoms with Gasteiger partial charge in [-0.25, -0.2) is 0 Å². The van der Waals surface area contributed by atoms with Gasteiger partial charge in [-0.1, -0.05) is 30.3 Å². The third kappa shape index (κ3) is 2.28. The van der Waals surface area contributed by atoms with Crippen molar-refractivity contribution >= 4 is 11.9 Å². The monoisotopic (exact) mass is 328 g/mol. The summed E-state index contributed by atoms with van der Waals surface area (Å²) in [5.74, 6) is -1.73. The molecule has 2 saturated heterocycles. The molecule has 3 rings (SSSR count). The van der Waals surface area contributed by atoms with E-state index >= 15 is 0 Å². The van der Waals surface area contributed by atoms with Crippen molar-refractivity contribution in [2.45, 2.75) is 32.5 Å². The minimum Gasteiger partial charge on any atom is -0.465 e. The molecule has 6 nitrogen and oxygen atoms in total. The molecule has 0 aliphatic carbocycles. The summed E-state index contributed by atoms with van der Waals surface area (Å²) in [6.07, 6.45) is -0.270. The summed E-state index contributed by atoms with van der Waals surface area (Å²) in [5, 5.41) is 9.38. The molecule has 0 N–H and O–H groups in total. The highest BCUT2D eigenvalue weighted by atomic mass is 16.5. The highest BCUT2D eigenvalue weighted by molar-refractivity contribution is 6.05. The van der Waals surface area contributed by atoms with Crippen LogP contribution in [0.3, 0.4) is 0 Å². The molecule has 1 unspecified atom stereocenters. The molecule has 2 heterocycles. The first-order chi connectivity index (χ1) is 11.6. The molecule has 126 valence electrons. The van der Waals surface area contributed by atoms with Crippen LogP contribution in [-0.4, -0.2) is 36.0 Å². The molecule has 1 amide bonds. The van der Waals surface area contributed by atoms with Crippen molar-refractivity contribution in [2.24, 2.45) is 11.3 Å². The largest absolute Gasteiger partial charge is 0.465 e. The van der Waals surface area contributed by atoms with E-state index in [0.717, 1.165) is 5.56 Å². The number of benzene rings is 1. The van der Waals surface area contributed by atoms with Crippen LogP contribution in [0.5, 0.6) is 0 Å². The lowest BCUT2D eigenvalue weighted by molar-refractivity contribution is -0.165. The van der Waals surface area contributed by atoms with Crippen molar-refractivity contribution in [3.63, 3.8) is 0 Å². The molecule has 4 atom stereocenters. The van der Waals surface area contributed by atoms with Crippen LogP contribution in [-0.2, 0) is 19.1 Å². The molecule has 1 aromatic rings. The van der Waals surface area contributed by atoms with E-state index in [1.165, 1.54) is 0 Å². The summed E-state index contributed by atoms with van der Waals surface area (Å²) >= 11 is 0. The van der Waals surface area contributed by atoms with Gasteiger partial charge in [0.15, 0.2) is 11.6 Å². The van der Waals surface area contributed by atoms with Crippen LogP contribution in [0.2, 0.25) is 0 Å². The van der Waals surface area contributed by atoms with Crippen LogP contribution in [0.15, 0.2) is 30.3 Å². The predicted molar refractivity (Wildman–Crippen MR) is 84.2 cm³/mol. The Bertz CT molecular complexity index is 684. The topological polar surface area (TPSA) is 79.6 Å². The average Bonchev–Trinajstić information content (AvgIpc) is 3.14. The number of fused-ring (bicyclic) bond motifs is 1. The summed E-state index contributed by atoms with van der Waals surface area (Å²) < 4.78 is 10.9. The van der Waals surface area contributed by atoms with Gasteiger partial charge in [0.2, 0.25) is 5.91 Å². The Balaban J connectivity index is 1.98. The summed E-state index contributed by atoms with van der Waals surface area (Å²) in [6.45, 7) is 3.83. The normalized spacial score (nSPS) is 29.9. The number of amides is 1. The lowest BCUT2D eigenvalue weighted by Gasteiger charge is -2.29. The number of esters is 1. The molecule has 0 saturated carbocycles. The van der Waals surface area contributed by atoms with Gasteiger partial charge in [-0.3, -0.25) is 9.59 Å². The maximum absolute atomic E-state index is 13.2. The Morgan fingerprint density at radius 2 is 2.21 bits per heavy atom. The van der Waals surface area contributed by atoms with Gasteiger partial charge >= 0.3 is 5.97 Å². The van der Waals surface area contributed by atoms with Crippen molar-refractivity contribution < 1.29 is 19.1 Å². The van der Waals surface area contributed by atoms with Gasteiger partial charge in [-0.2, -0.15) is 5.26 Å². The van der Waals surface area contributed by atoms with Crippen LogP contribution in [0.1, 0.15) is 32.1 Å². The summed E-state index contributed by atoms with van der Waals surface area (Å²) in [7, 11) is 0. The van der Waals surface area contributed by atoms with Gasteiger partial charge in [0.05, 0.1) is 31.2 Å². The number of carbonyl (C=O) groups is 2. The number of rotatable bonds is 4. The molecule has 1 aromatic carbocycles. The molecule has 0 spiro atoms. The van der Waals surface area contributed by atoms with Crippen molar-refractivity contribution in [3.05, 3.63) is 35.9 Å². The maximum atomic E-state index is 13.2. The molecular weight excluding hydrogens is 308 g/mol. The Labute approximate surface area is 141 Å². The maximum Gasteiger partial charge on any atom is 0.323 e. The van der Waals surface area contributed by atoms with Gasteiger partial charge < -0.3 is 14.4 Å². The molecule has 0 radical (unpaired) electrons. The Morgan fingerprint density at radius 1 is 1.50 bits per heavy atom. The second kappa shape index (κ2) is 6.25. The zero-order valence-electron chi connectivity index (χ0n) is 13.8. The van der Waals surface area contributed by atoms with Gasteiger partial charge in [0.1, 0.15) is 0 Å². The summed E-state index contributed by atoms with van der Waals surface area (Å²) in [5.41, 5.74) is -0.579. The number of carbonyl (C=O) groups excluding carboxylic acids is 2. The highest BCUT2D eigenvalue weighted by Gasteiger charge is 2.64. The molecule has 2 fully saturated rings. The van der Waals surface area contributed by atoms with E-state index in [0.29, 0.717) is 6.61 Å². The van der Waals surface area contributed by atoms with Gasteiger partial charge in [0.25, 0.3) is 0 Å². The number of hydrogen-bond donors (Lipinski definition) is 0. The smallest absolute Gasteiger partial charge is 0.323 e. The minimum atomic E-state index is -1.44. The third-order valence-corrected chi connectivity index (χ3v) is 4.92. The lowest BCUT2D eigenvalue weighted by Crippen LogP contribution is -2.46. The van der Waals surface area contributed by atoms with Crippen LogP contribution < -0.4 is 0 Å². The molecule has 0 aromatic heterocycles. The fourth-order valence-electron chi connectivity index (χ4n) is 3.63. The molecular formula is C18H20N2O4. The molecule has 2 aliphatic rings. The van der Waals surface area contributed by atoms with E-state index < -0.39 is 23.5 Å². The summed E-state index contributed by atoms with van der Waals surface area (Å²) in [6, 6.07) is 11.3. The third-order valence-electron chi connectivity index (χ3n) is 4.92. The fraction of sp³-hybridized carbons (Fsp3) is 0.500. The molecule has 0 bridgehead atoms. The standard InChI is InChI=1S/C18H20N2O4/c1-3-23-17(22)18(12(2)10-19)9-14-11-24-15(20(14)16(18)21)13-7-5-4-6-8-13/h4-8,12,14-15H,3,9,11H2,1-2H3/t12?,14-,15+,18+/m0/s1. The van der Waals surface area contributed by atoms with E-state index in [4.69, 9.17) is 9.47 Å². The predicted octanol–water partition coefficient (Wildman–Crippen LogP) is 2.03. The second-order valence-electron chi connectivity index (χ2n) is 6.21. The first-order valence-corrected chi connectivity index (χ1v) is 8.12. The van der Waals surface area contributed by atoms with Crippen molar-refractivity contribution in [2.75, 3.05) is 13.2 Å². The Morgan fingerprint density at radius 3 is 2.83 bits per heavy atom. The first-order valence-electron chi connectivity index (χ1n) is 8.12. The van der Waals surface area contributed by atoms with Gasteiger partial charge in [-0.15, -0.1) is 0 Å². The van der Waals surface area contributed by atoms with Crippen LogP contribution in [0, 0.1) is 22.7 Å².